The Kier molecular flexibility index (Phi) is 37.2. The molecule has 0 bridgehead atoms. The maximum atomic E-state index is 12.4. The molecular weight excluding hydrogens is 550 g/mol. The zero-order valence-corrected chi connectivity index (χ0v) is 30.5. The van der Waals surface area contributed by atoms with Gasteiger partial charge in [-0.1, -0.05) is 146 Å². The van der Waals surface area contributed by atoms with Gasteiger partial charge in [0.15, 0.2) is 0 Å². The summed E-state index contributed by atoms with van der Waals surface area (Å²) in [7, 11) is 0. The maximum absolute atomic E-state index is 12.4. The minimum atomic E-state index is -0.0268. The molecule has 0 aliphatic rings. The van der Waals surface area contributed by atoms with Crippen LogP contribution < -0.4 is 5.32 Å². The number of esters is 1. The van der Waals surface area contributed by atoms with Gasteiger partial charge in [-0.25, -0.2) is 0 Å². The summed E-state index contributed by atoms with van der Waals surface area (Å²) in [5.74, 6) is -0.0268. The van der Waals surface area contributed by atoms with Crippen LogP contribution in [0.1, 0.15) is 194 Å². The first-order chi connectivity index (χ1) is 22.2. The zero-order valence-electron chi connectivity index (χ0n) is 30.5. The third-order valence-corrected chi connectivity index (χ3v) is 8.51. The van der Waals surface area contributed by atoms with E-state index < -0.39 is 0 Å². The lowest BCUT2D eigenvalue weighted by Gasteiger charge is -2.18. The first-order valence-corrected chi connectivity index (χ1v) is 19.7. The molecule has 1 unspecified atom stereocenters. The summed E-state index contributed by atoms with van der Waals surface area (Å²) in [6, 6.07) is 0. The molecule has 0 saturated carbocycles. The standard InChI is InChI=1S/C42H77NO2/c1-4-7-9-11-13-15-17-19-21-23-25-27-29-31-33-35-37-41(45-42(44)39-40-43-6-3)38-36-34-32-30-28-26-24-22-20-18-16-14-12-10-8-5-2/h13-16,19-22,41,43H,4-12,17-18,23-40H2,1-3H3/b15-13-,16-14?,21-19?,22-20?. The minimum absolute atomic E-state index is 0.0268. The molecule has 1 atom stereocenters. The molecule has 262 valence electrons. The number of nitrogens with one attached hydrogen (secondary N) is 1. The second kappa shape index (κ2) is 38.6. The molecule has 45 heavy (non-hydrogen) atoms. The highest BCUT2D eigenvalue weighted by Gasteiger charge is 2.14. The highest BCUT2D eigenvalue weighted by atomic mass is 16.5. The Bertz CT molecular complexity index is 659. The monoisotopic (exact) mass is 628 g/mol. The van der Waals surface area contributed by atoms with Crippen molar-refractivity contribution in [2.75, 3.05) is 13.1 Å². The average molecular weight is 628 g/mol. The molecule has 0 aliphatic carbocycles. The Hall–Kier alpha value is -1.61. The molecule has 1 N–H and O–H groups in total. The molecule has 0 aromatic carbocycles. The van der Waals surface area contributed by atoms with Crippen molar-refractivity contribution in [3.05, 3.63) is 48.6 Å². The number of ether oxygens (including phenoxy) is 1. The van der Waals surface area contributed by atoms with Crippen LogP contribution in [0.4, 0.5) is 0 Å². The molecule has 0 aliphatic heterocycles. The third-order valence-electron chi connectivity index (χ3n) is 8.51. The molecule has 0 amide bonds. The van der Waals surface area contributed by atoms with Gasteiger partial charge in [-0.3, -0.25) is 4.79 Å². The average Bonchev–Trinajstić information content (AvgIpc) is 3.04. The topological polar surface area (TPSA) is 38.3 Å². The summed E-state index contributed by atoms with van der Waals surface area (Å²) in [6.07, 6.45) is 51.7. The van der Waals surface area contributed by atoms with E-state index in [4.69, 9.17) is 4.74 Å². The van der Waals surface area contributed by atoms with Gasteiger partial charge in [0.2, 0.25) is 0 Å². The van der Waals surface area contributed by atoms with Gasteiger partial charge < -0.3 is 10.1 Å². The van der Waals surface area contributed by atoms with Gasteiger partial charge in [-0.2, -0.15) is 0 Å². The summed E-state index contributed by atoms with van der Waals surface area (Å²) < 4.78 is 5.94. The molecule has 0 rings (SSSR count). The third kappa shape index (κ3) is 36.7. The Balaban J connectivity index is 3.95. The summed E-state index contributed by atoms with van der Waals surface area (Å²) in [6.45, 7) is 8.21. The maximum Gasteiger partial charge on any atom is 0.307 e. The van der Waals surface area contributed by atoms with Crippen LogP contribution in [0.3, 0.4) is 0 Å². The van der Waals surface area contributed by atoms with Crippen LogP contribution in [-0.2, 0) is 9.53 Å². The van der Waals surface area contributed by atoms with Crippen molar-refractivity contribution in [3.63, 3.8) is 0 Å². The molecule has 0 fully saturated rings. The summed E-state index contributed by atoms with van der Waals surface area (Å²) >= 11 is 0. The largest absolute Gasteiger partial charge is 0.462 e. The number of rotatable bonds is 35. The fourth-order valence-corrected chi connectivity index (χ4v) is 5.59. The van der Waals surface area contributed by atoms with E-state index in [9.17, 15) is 4.79 Å². The van der Waals surface area contributed by atoms with Gasteiger partial charge in [0.25, 0.3) is 0 Å². The van der Waals surface area contributed by atoms with E-state index in [1.807, 2.05) is 0 Å². The van der Waals surface area contributed by atoms with Gasteiger partial charge in [-0.15, -0.1) is 0 Å². The van der Waals surface area contributed by atoms with Crippen LogP contribution >= 0.6 is 0 Å². The Morgan fingerprint density at radius 2 is 0.889 bits per heavy atom. The summed E-state index contributed by atoms with van der Waals surface area (Å²) in [5, 5.41) is 3.24. The minimum Gasteiger partial charge on any atom is -0.462 e. The van der Waals surface area contributed by atoms with E-state index in [2.05, 4.69) is 74.7 Å². The van der Waals surface area contributed by atoms with E-state index in [0.29, 0.717) is 6.42 Å². The molecule has 0 aromatic rings. The predicted octanol–water partition coefficient (Wildman–Crippen LogP) is 13.3. The van der Waals surface area contributed by atoms with Crippen LogP contribution in [0.2, 0.25) is 0 Å². The second-order valence-corrected chi connectivity index (χ2v) is 13.0. The molecule has 3 nitrogen and oxygen atoms in total. The van der Waals surface area contributed by atoms with Gasteiger partial charge in [0, 0.05) is 6.54 Å². The molecule has 0 heterocycles. The van der Waals surface area contributed by atoms with Crippen LogP contribution in [-0.4, -0.2) is 25.2 Å². The van der Waals surface area contributed by atoms with Crippen LogP contribution in [0.15, 0.2) is 48.6 Å². The van der Waals surface area contributed by atoms with Gasteiger partial charge >= 0.3 is 5.97 Å². The highest BCUT2D eigenvalue weighted by molar-refractivity contribution is 5.69. The number of hydrogen-bond acceptors (Lipinski definition) is 3. The smallest absolute Gasteiger partial charge is 0.307 e. The lowest BCUT2D eigenvalue weighted by Crippen LogP contribution is -2.23. The first-order valence-electron chi connectivity index (χ1n) is 19.7. The summed E-state index contributed by atoms with van der Waals surface area (Å²) in [5.41, 5.74) is 0. The van der Waals surface area contributed by atoms with Crippen molar-refractivity contribution in [1.29, 1.82) is 0 Å². The molecule has 0 radical (unpaired) electrons. The molecule has 0 spiro atoms. The van der Waals surface area contributed by atoms with Crippen molar-refractivity contribution >= 4 is 5.97 Å². The lowest BCUT2D eigenvalue weighted by atomic mass is 10.0. The second-order valence-electron chi connectivity index (χ2n) is 13.0. The lowest BCUT2D eigenvalue weighted by molar-refractivity contribution is -0.149. The van der Waals surface area contributed by atoms with Crippen LogP contribution in [0.5, 0.6) is 0 Å². The number of carbonyl (C=O) groups is 1. The molecule has 3 heteroatoms. The van der Waals surface area contributed by atoms with Crippen molar-refractivity contribution in [3.8, 4) is 0 Å². The van der Waals surface area contributed by atoms with E-state index in [-0.39, 0.29) is 12.1 Å². The SMILES string of the molecule is CCCCCC=CCC=CCCCCCCCCC(CCCCCCCCC=CC/C=C\CCCCC)OC(=O)CCNCC. The van der Waals surface area contributed by atoms with Crippen LogP contribution in [0, 0.1) is 0 Å². The first kappa shape index (κ1) is 43.4. The fraction of sp³-hybridized carbons (Fsp3) is 0.786. The number of unbranched alkanes of at least 4 members (excludes halogenated alkanes) is 18. The van der Waals surface area contributed by atoms with Gasteiger partial charge in [0.1, 0.15) is 6.10 Å². The quantitative estimate of drug-likeness (QED) is 0.0431. The van der Waals surface area contributed by atoms with Gasteiger partial charge in [-0.05, 0) is 96.4 Å². The van der Waals surface area contributed by atoms with Crippen LogP contribution in [0.25, 0.3) is 0 Å². The molecule has 0 aromatic heterocycles. The fourth-order valence-electron chi connectivity index (χ4n) is 5.59. The van der Waals surface area contributed by atoms with Gasteiger partial charge in [0.05, 0.1) is 6.42 Å². The number of hydrogen-bond donors (Lipinski definition) is 1. The van der Waals surface area contributed by atoms with Crippen molar-refractivity contribution < 1.29 is 9.53 Å². The Morgan fingerprint density at radius 1 is 0.511 bits per heavy atom. The number of allylic oxidation sites excluding steroid dienone is 8. The van der Waals surface area contributed by atoms with E-state index in [0.717, 1.165) is 38.8 Å². The van der Waals surface area contributed by atoms with E-state index in [1.54, 1.807) is 0 Å². The Morgan fingerprint density at radius 3 is 1.29 bits per heavy atom. The van der Waals surface area contributed by atoms with Crippen molar-refractivity contribution in [2.24, 2.45) is 0 Å². The highest BCUT2D eigenvalue weighted by Crippen LogP contribution is 2.18. The summed E-state index contributed by atoms with van der Waals surface area (Å²) in [4.78, 5) is 12.4. The zero-order chi connectivity index (χ0) is 32.7. The van der Waals surface area contributed by atoms with Crippen molar-refractivity contribution in [2.45, 2.75) is 200 Å². The Labute approximate surface area is 282 Å². The number of carbonyl (C=O) groups excluding carboxylic acids is 1. The van der Waals surface area contributed by atoms with E-state index >= 15 is 0 Å². The van der Waals surface area contributed by atoms with E-state index in [1.165, 1.54) is 141 Å². The molecular formula is C42H77NO2. The molecule has 0 saturated heterocycles. The van der Waals surface area contributed by atoms with Crippen molar-refractivity contribution in [1.82, 2.24) is 5.32 Å². The predicted molar refractivity (Wildman–Crippen MR) is 201 cm³/mol. The normalized spacial score (nSPS) is 12.9.